The molecule has 0 aliphatic heterocycles. The van der Waals surface area contributed by atoms with Gasteiger partial charge in [-0.2, -0.15) is 0 Å². The number of anilines is 2. The zero-order valence-corrected chi connectivity index (χ0v) is 17.0. The highest BCUT2D eigenvalue weighted by atomic mass is 16.5. The van der Waals surface area contributed by atoms with E-state index in [9.17, 15) is 9.59 Å². The first-order chi connectivity index (χ1) is 13.3. The smallest absolute Gasteiger partial charge is 0.318 e. The Labute approximate surface area is 166 Å². The molecule has 150 valence electrons. The molecule has 0 heterocycles. The van der Waals surface area contributed by atoms with Crippen molar-refractivity contribution < 1.29 is 14.3 Å². The van der Waals surface area contributed by atoms with Crippen LogP contribution >= 0.6 is 0 Å². The van der Waals surface area contributed by atoms with Crippen LogP contribution < -0.4 is 20.7 Å². The number of ether oxygens (including phenoxy) is 1. The Bertz CT molecular complexity index is 795. The van der Waals surface area contributed by atoms with Crippen LogP contribution in [0.25, 0.3) is 0 Å². The third-order valence-corrected chi connectivity index (χ3v) is 4.17. The van der Waals surface area contributed by atoms with Gasteiger partial charge in [-0.1, -0.05) is 39.0 Å². The summed E-state index contributed by atoms with van der Waals surface area (Å²) in [5.74, 6) is 0.713. The molecule has 0 aliphatic carbocycles. The molecule has 0 bridgehead atoms. The van der Waals surface area contributed by atoms with Crippen LogP contribution in [-0.4, -0.2) is 25.6 Å². The van der Waals surface area contributed by atoms with Gasteiger partial charge in [0.05, 0.1) is 6.61 Å². The lowest BCUT2D eigenvalue weighted by atomic mass is 9.87. The van der Waals surface area contributed by atoms with Gasteiger partial charge in [-0.25, -0.2) is 4.79 Å². The summed E-state index contributed by atoms with van der Waals surface area (Å²) >= 11 is 0. The van der Waals surface area contributed by atoms with Crippen molar-refractivity contribution in [1.82, 2.24) is 5.32 Å². The number of rotatable bonds is 7. The molecule has 2 aromatic rings. The molecule has 3 N–H and O–H groups in total. The molecule has 6 nitrogen and oxygen atoms in total. The minimum absolute atomic E-state index is 0.0937. The average molecular weight is 383 g/mol. The highest BCUT2D eigenvalue weighted by molar-refractivity contribution is 5.93. The molecule has 0 radical (unpaired) electrons. The summed E-state index contributed by atoms with van der Waals surface area (Å²) in [5, 5.41) is 7.98. The van der Waals surface area contributed by atoms with E-state index < -0.39 is 0 Å². The van der Waals surface area contributed by atoms with E-state index in [0.29, 0.717) is 30.8 Å². The summed E-state index contributed by atoms with van der Waals surface area (Å²) in [4.78, 5) is 23.5. The predicted octanol–water partition coefficient (Wildman–Crippen LogP) is 4.53. The fourth-order valence-corrected chi connectivity index (χ4v) is 2.57. The van der Waals surface area contributed by atoms with Gasteiger partial charge in [-0.15, -0.1) is 0 Å². The van der Waals surface area contributed by atoms with E-state index in [4.69, 9.17) is 4.74 Å². The number of carbonyl (C=O) groups is 2. The maximum absolute atomic E-state index is 12.1. The second-order valence-electron chi connectivity index (χ2n) is 7.56. The van der Waals surface area contributed by atoms with Gasteiger partial charge in [0.25, 0.3) is 0 Å². The van der Waals surface area contributed by atoms with Gasteiger partial charge in [-0.05, 0) is 47.7 Å². The van der Waals surface area contributed by atoms with Crippen molar-refractivity contribution in [3.8, 4) is 5.75 Å². The van der Waals surface area contributed by atoms with E-state index in [1.165, 1.54) is 5.56 Å². The number of urea groups is 1. The van der Waals surface area contributed by atoms with Crippen LogP contribution in [0.4, 0.5) is 16.2 Å². The zero-order valence-electron chi connectivity index (χ0n) is 17.0. The fraction of sp³-hybridized carbons (Fsp3) is 0.364. The van der Waals surface area contributed by atoms with E-state index in [-0.39, 0.29) is 17.4 Å². The van der Waals surface area contributed by atoms with Gasteiger partial charge < -0.3 is 20.7 Å². The SMILES string of the molecule is CNC(=O)Nc1cccc(NC(=O)CCCOc2ccc(C(C)(C)C)cc2)c1. The molecule has 0 aliphatic rings. The number of hydrogen-bond donors (Lipinski definition) is 3. The lowest BCUT2D eigenvalue weighted by Crippen LogP contribution is -2.24. The first-order valence-electron chi connectivity index (χ1n) is 9.40. The normalized spacial score (nSPS) is 10.9. The fourth-order valence-electron chi connectivity index (χ4n) is 2.57. The van der Waals surface area contributed by atoms with E-state index in [2.05, 4.69) is 48.9 Å². The maximum Gasteiger partial charge on any atom is 0.318 e. The van der Waals surface area contributed by atoms with Gasteiger partial charge in [0, 0.05) is 24.8 Å². The Balaban J connectivity index is 1.74. The van der Waals surface area contributed by atoms with Gasteiger partial charge in [0.2, 0.25) is 5.91 Å². The van der Waals surface area contributed by atoms with Crippen molar-refractivity contribution in [2.45, 2.75) is 39.0 Å². The molecular weight excluding hydrogens is 354 g/mol. The largest absolute Gasteiger partial charge is 0.494 e. The Hall–Kier alpha value is -3.02. The first kappa shape index (κ1) is 21.3. The monoisotopic (exact) mass is 383 g/mol. The lowest BCUT2D eigenvalue weighted by molar-refractivity contribution is -0.116. The molecule has 0 saturated carbocycles. The van der Waals surface area contributed by atoms with Gasteiger partial charge >= 0.3 is 6.03 Å². The van der Waals surface area contributed by atoms with Gasteiger partial charge in [-0.3, -0.25) is 4.79 Å². The number of nitrogens with one attached hydrogen (secondary N) is 3. The van der Waals surface area contributed by atoms with Crippen molar-refractivity contribution in [1.29, 1.82) is 0 Å². The van der Waals surface area contributed by atoms with Crippen LogP contribution in [0.5, 0.6) is 5.75 Å². The minimum atomic E-state index is -0.309. The molecule has 0 saturated heterocycles. The van der Waals surface area contributed by atoms with E-state index in [0.717, 1.165) is 5.75 Å². The molecule has 6 heteroatoms. The summed E-state index contributed by atoms with van der Waals surface area (Å²) in [7, 11) is 1.54. The van der Waals surface area contributed by atoms with Crippen LogP contribution in [0.2, 0.25) is 0 Å². The molecule has 28 heavy (non-hydrogen) atoms. The van der Waals surface area contributed by atoms with E-state index in [1.54, 1.807) is 31.3 Å². The molecule has 0 spiro atoms. The van der Waals surface area contributed by atoms with Crippen LogP contribution in [0.15, 0.2) is 48.5 Å². The maximum atomic E-state index is 12.1. The van der Waals surface area contributed by atoms with Crippen LogP contribution in [0.1, 0.15) is 39.2 Å². The first-order valence-corrected chi connectivity index (χ1v) is 9.40. The Morgan fingerprint density at radius 2 is 1.61 bits per heavy atom. The van der Waals surface area contributed by atoms with Crippen molar-refractivity contribution in [3.63, 3.8) is 0 Å². The zero-order chi connectivity index (χ0) is 20.6. The predicted molar refractivity (Wildman–Crippen MR) is 113 cm³/mol. The van der Waals surface area contributed by atoms with Crippen LogP contribution in [0.3, 0.4) is 0 Å². The third-order valence-electron chi connectivity index (χ3n) is 4.17. The van der Waals surface area contributed by atoms with Crippen molar-refractivity contribution >= 4 is 23.3 Å². The average Bonchev–Trinajstić information content (AvgIpc) is 2.65. The van der Waals surface area contributed by atoms with Crippen molar-refractivity contribution in [3.05, 3.63) is 54.1 Å². The van der Waals surface area contributed by atoms with Crippen molar-refractivity contribution in [2.75, 3.05) is 24.3 Å². The molecule has 0 atom stereocenters. The summed E-state index contributed by atoms with van der Waals surface area (Å²) in [6, 6.07) is 14.8. The number of carbonyl (C=O) groups excluding carboxylic acids is 2. The molecule has 2 aromatic carbocycles. The molecule has 3 amide bonds. The minimum Gasteiger partial charge on any atom is -0.494 e. The van der Waals surface area contributed by atoms with E-state index in [1.807, 2.05) is 12.1 Å². The highest BCUT2D eigenvalue weighted by Crippen LogP contribution is 2.24. The molecular formula is C22H29N3O3. The third kappa shape index (κ3) is 6.95. The topological polar surface area (TPSA) is 79.5 Å². The van der Waals surface area contributed by atoms with Gasteiger partial charge in [0.1, 0.15) is 5.75 Å². The van der Waals surface area contributed by atoms with Crippen molar-refractivity contribution in [2.24, 2.45) is 0 Å². The molecule has 2 rings (SSSR count). The quantitative estimate of drug-likeness (QED) is 0.615. The summed E-state index contributed by atoms with van der Waals surface area (Å²) in [5.41, 5.74) is 2.62. The molecule has 0 unspecified atom stereocenters. The Morgan fingerprint density at radius 3 is 2.21 bits per heavy atom. The second-order valence-corrected chi connectivity index (χ2v) is 7.56. The summed E-state index contributed by atoms with van der Waals surface area (Å²) in [6.07, 6.45) is 0.968. The lowest BCUT2D eigenvalue weighted by Gasteiger charge is -2.19. The number of amides is 3. The Morgan fingerprint density at radius 1 is 0.964 bits per heavy atom. The van der Waals surface area contributed by atoms with Crippen LogP contribution in [0, 0.1) is 0 Å². The summed E-state index contributed by atoms with van der Waals surface area (Å²) < 4.78 is 5.72. The van der Waals surface area contributed by atoms with E-state index >= 15 is 0 Å². The van der Waals surface area contributed by atoms with Gasteiger partial charge in [0.15, 0.2) is 0 Å². The standard InChI is InChI=1S/C22H29N3O3/c1-22(2,3)16-10-12-19(13-11-16)28-14-6-9-20(26)24-17-7-5-8-18(15-17)25-21(27)23-4/h5,7-8,10-13,15H,6,9,14H2,1-4H3,(H,24,26)(H2,23,25,27). The number of benzene rings is 2. The molecule has 0 aromatic heterocycles. The molecule has 0 fully saturated rings. The second kappa shape index (κ2) is 9.78. The summed E-state index contributed by atoms with van der Waals surface area (Å²) in [6.45, 7) is 6.99. The Kier molecular flexibility index (Phi) is 7.44. The van der Waals surface area contributed by atoms with Crippen LogP contribution in [-0.2, 0) is 10.2 Å². The number of hydrogen-bond acceptors (Lipinski definition) is 3. The highest BCUT2D eigenvalue weighted by Gasteiger charge is 2.13.